The van der Waals surface area contributed by atoms with Crippen molar-refractivity contribution < 1.29 is 14.6 Å². The summed E-state index contributed by atoms with van der Waals surface area (Å²) in [6, 6.07) is 0. The standard InChI is InChI=1S/C11H17N3O3/c1-17-6-2-3-9-12-10-7-8(11(15)16)4-5-14(10)13-9/h8H,2-7H2,1H3,(H,15,16). The summed E-state index contributed by atoms with van der Waals surface area (Å²) in [7, 11) is 1.67. The fraction of sp³-hybridized carbons (Fsp3) is 0.727. The molecular weight excluding hydrogens is 222 g/mol. The number of methoxy groups -OCH3 is 1. The molecule has 2 heterocycles. The van der Waals surface area contributed by atoms with Gasteiger partial charge in [-0.2, -0.15) is 5.10 Å². The fourth-order valence-corrected chi connectivity index (χ4v) is 2.05. The summed E-state index contributed by atoms with van der Waals surface area (Å²) in [4.78, 5) is 15.3. The van der Waals surface area contributed by atoms with E-state index in [-0.39, 0.29) is 5.92 Å². The maximum atomic E-state index is 10.9. The molecule has 0 saturated heterocycles. The van der Waals surface area contributed by atoms with Crippen LogP contribution < -0.4 is 0 Å². The lowest BCUT2D eigenvalue weighted by atomic mass is 9.98. The van der Waals surface area contributed by atoms with Crippen LogP contribution in [-0.4, -0.2) is 39.6 Å². The molecule has 1 aliphatic rings. The summed E-state index contributed by atoms with van der Waals surface area (Å²) in [6.45, 7) is 1.35. The smallest absolute Gasteiger partial charge is 0.307 e. The SMILES string of the molecule is COCCCc1nc2n(n1)CCC(C(=O)O)C2. The Hall–Kier alpha value is -1.43. The Morgan fingerprint density at radius 1 is 1.65 bits per heavy atom. The number of hydrogen-bond donors (Lipinski definition) is 1. The van der Waals surface area contributed by atoms with Crippen LogP contribution in [0.25, 0.3) is 0 Å². The molecule has 0 aromatic carbocycles. The largest absolute Gasteiger partial charge is 0.481 e. The molecular formula is C11H17N3O3. The van der Waals surface area contributed by atoms with Crippen LogP contribution in [0.2, 0.25) is 0 Å². The van der Waals surface area contributed by atoms with Gasteiger partial charge in [-0.3, -0.25) is 4.79 Å². The van der Waals surface area contributed by atoms with Crippen LogP contribution in [0.15, 0.2) is 0 Å². The van der Waals surface area contributed by atoms with Gasteiger partial charge in [-0.05, 0) is 12.8 Å². The molecule has 1 atom stereocenters. The molecule has 94 valence electrons. The average molecular weight is 239 g/mol. The van der Waals surface area contributed by atoms with Crippen LogP contribution in [0.3, 0.4) is 0 Å². The lowest BCUT2D eigenvalue weighted by Crippen LogP contribution is -2.26. The third-order valence-electron chi connectivity index (χ3n) is 3.01. The summed E-state index contributed by atoms with van der Waals surface area (Å²) in [5, 5.41) is 13.3. The van der Waals surface area contributed by atoms with E-state index in [1.807, 2.05) is 4.68 Å². The minimum atomic E-state index is -0.736. The predicted octanol–water partition coefficient (Wildman–Crippen LogP) is 0.504. The number of aromatic nitrogens is 3. The van der Waals surface area contributed by atoms with E-state index in [1.54, 1.807) is 7.11 Å². The number of rotatable bonds is 5. The first-order valence-electron chi connectivity index (χ1n) is 5.85. The van der Waals surface area contributed by atoms with Gasteiger partial charge in [0.15, 0.2) is 5.82 Å². The molecule has 1 aliphatic heterocycles. The van der Waals surface area contributed by atoms with E-state index in [4.69, 9.17) is 9.84 Å². The Labute approximate surface area is 99.6 Å². The van der Waals surface area contributed by atoms with Crippen LogP contribution in [0.5, 0.6) is 0 Å². The highest BCUT2D eigenvalue weighted by Gasteiger charge is 2.26. The van der Waals surface area contributed by atoms with E-state index < -0.39 is 5.97 Å². The summed E-state index contributed by atoms with van der Waals surface area (Å²) in [6.07, 6.45) is 2.81. The third kappa shape index (κ3) is 2.82. The molecule has 0 saturated carbocycles. The minimum Gasteiger partial charge on any atom is -0.481 e. The highest BCUT2D eigenvalue weighted by Crippen LogP contribution is 2.19. The van der Waals surface area contributed by atoms with Crippen molar-refractivity contribution >= 4 is 5.97 Å². The zero-order valence-electron chi connectivity index (χ0n) is 9.93. The maximum Gasteiger partial charge on any atom is 0.307 e. The number of hydrogen-bond acceptors (Lipinski definition) is 4. The molecule has 2 rings (SSSR count). The molecule has 0 amide bonds. The van der Waals surface area contributed by atoms with E-state index in [2.05, 4.69) is 10.1 Å². The van der Waals surface area contributed by atoms with Crippen molar-refractivity contribution in [3.63, 3.8) is 0 Å². The monoisotopic (exact) mass is 239 g/mol. The fourth-order valence-electron chi connectivity index (χ4n) is 2.05. The molecule has 0 aliphatic carbocycles. The lowest BCUT2D eigenvalue weighted by molar-refractivity contribution is -0.142. The van der Waals surface area contributed by atoms with Crippen molar-refractivity contribution in [1.82, 2.24) is 14.8 Å². The number of carbonyl (C=O) groups is 1. The highest BCUT2D eigenvalue weighted by molar-refractivity contribution is 5.70. The number of carboxylic acid groups (broad SMARTS) is 1. The van der Waals surface area contributed by atoms with Gasteiger partial charge in [-0.25, -0.2) is 9.67 Å². The Balaban J connectivity index is 1.99. The molecule has 0 fully saturated rings. The van der Waals surface area contributed by atoms with Crippen molar-refractivity contribution in [3.8, 4) is 0 Å². The number of nitrogens with zero attached hydrogens (tertiary/aromatic N) is 3. The first-order valence-corrected chi connectivity index (χ1v) is 5.85. The minimum absolute atomic E-state index is 0.307. The van der Waals surface area contributed by atoms with E-state index in [0.717, 1.165) is 24.5 Å². The number of ether oxygens (including phenoxy) is 1. The van der Waals surface area contributed by atoms with E-state index in [1.165, 1.54) is 0 Å². The van der Waals surface area contributed by atoms with Crippen molar-refractivity contribution in [1.29, 1.82) is 0 Å². The summed E-state index contributed by atoms with van der Waals surface area (Å²) < 4.78 is 6.81. The van der Waals surface area contributed by atoms with Gasteiger partial charge in [0.05, 0.1) is 5.92 Å². The van der Waals surface area contributed by atoms with Gasteiger partial charge in [0.1, 0.15) is 5.82 Å². The first-order chi connectivity index (χ1) is 8.20. The molecule has 0 bridgehead atoms. The molecule has 0 radical (unpaired) electrons. The van der Waals surface area contributed by atoms with E-state index in [9.17, 15) is 4.79 Å². The molecule has 1 unspecified atom stereocenters. The third-order valence-corrected chi connectivity index (χ3v) is 3.01. The normalized spacial score (nSPS) is 19.0. The second-order valence-corrected chi connectivity index (χ2v) is 4.29. The van der Waals surface area contributed by atoms with Crippen molar-refractivity contribution in [2.45, 2.75) is 32.2 Å². The second-order valence-electron chi connectivity index (χ2n) is 4.29. The number of aryl methyl sites for hydroxylation is 2. The second kappa shape index (κ2) is 5.27. The summed E-state index contributed by atoms with van der Waals surface area (Å²) >= 11 is 0. The molecule has 1 N–H and O–H groups in total. The van der Waals surface area contributed by atoms with Gasteiger partial charge in [0, 0.05) is 33.1 Å². The molecule has 1 aromatic rings. The van der Waals surface area contributed by atoms with Gasteiger partial charge >= 0.3 is 5.97 Å². The topological polar surface area (TPSA) is 77.2 Å². The lowest BCUT2D eigenvalue weighted by Gasteiger charge is -2.17. The van der Waals surface area contributed by atoms with Crippen LogP contribution in [0, 0.1) is 5.92 Å². The van der Waals surface area contributed by atoms with Gasteiger partial charge in [-0.15, -0.1) is 0 Å². The average Bonchev–Trinajstić information content (AvgIpc) is 2.70. The van der Waals surface area contributed by atoms with E-state index in [0.29, 0.717) is 26.0 Å². The molecule has 6 heteroatoms. The zero-order chi connectivity index (χ0) is 12.3. The van der Waals surface area contributed by atoms with Crippen LogP contribution in [-0.2, 0) is 28.9 Å². The van der Waals surface area contributed by atoms with Crippen molar-refractivity contribution in [3.05, 3.63) is 11.6 Å². The molecule has 0 spiro atoms. The quantitative estimate of drug-likeness (QED) is 0.757. The highest BCUT2D eigenvalue weighted by atomic mass is 16.5. The Morgan fingerprint density at radius 2 is 2.47 bits per heavy atom. The predicted molar refractivity (Wildman–Crippen MR) is 59.7 cm³/mol. The maximum absolute atomic E-state index is 10.9. The molecule has 6 nitrogen and oxygen atoms in total. The summed E-state index contributed by atoms with van der Waals surface area (Å²) in [5.41, 5.74) is 0. The number of carboxylic acids is 1. The molecule has 1 aromatic heterocycles. The first kappa shape index (κ1) is 12.0. The number of fused-ring (bicyclic) bond motifs is 1. The van der Waals surface area contributed by atoms with Gasteiger partial charge in [-0.1, -0.05) is 0 Å². The van der Waals surface area contributed by atoms with Crippen LogP contribution in [0.4, 0.5) is 0 Å². The van der Waals surface area contributed by atoms with Gasteiger partial charge in [0.25, 0.3) is 0 Å². The van der Waals surface area contributed by atoms with Crippen LogP contribution in [0.1, 0.15) is 24.5 Å². The van der Waals surface area contributed by atoms with Crippen molar-refractivity contribution in [2.24, 2.45) is 5.92 Å². The van der Waals surface area contributed by atoms with E-state index >= 15 is 0 Å². The van der Waals surface area contributed by atoms with Gasteiger partial charge in [0.2, 0.25) is 0 Å². The zero-order valence-corrected chi connectivity index (χ0v) is 9.93. The van der Waals surface area contributed by atoms with Crippen molar-refractivity contribution in [2.75, 3.05) is 13.7 Å². The molecule has 17 heavy (non-hydrogen) atoms. The Kier molecular flexibility index (Phi) is 3.73. The number of aliphatic carboxylic acids is 1. The Bertz CT molecular complexity index is 403. The van der Waals surface area contributed by atoms with Crippen LogP contribution >= 0.6 is 0 Å². The van der Waals surface area contributed by atoms with Gasteiger partial charge < -0.3 is 9.84 Å². The summed E-state index contributed by atoms with van der Waals surface area (Å²) in [5.74, 6) is 0.554. The Morgan fingerprint density at radius 3 is 3.18 bits per heavy atom.